The number of hydrogen-bond acceptors (Lipinski definition) is 5. The molecule has 156 valence electrons. The molecular formula is C19H27F2N3O4. The largest absolute Gasteiger partial charge is 0.493 e. The molecule has 1 fully saturated rings. The normalized spacial score (nSPS) is 14.8. The predicted octanol–water partition coefficient (Wildman–Crippen LogP) is 2.89. The van der Waals surface area contributed by atoms with Crippen molar-refractivity contribution < 1.29 is 27.8 Å². The smallest absolute Gasteiger partial charge is 0.387 e. The summed E-state index contributed by atoms with van der Waals surface area (Å²) >= 11 is 0. The Morgan fingerprint density at radius 1 is 1.21 bits per heavy atom. The molecule has 2 rings (SSSR count). The van der Waals surface area contributed by atoms with Crippen molar-refractivity contribution in [1.29, 1.82) is 0 Å². The number of hydrogen-bond donors (Lipinski definition) is 2. The summed E-state index contributed by atoms with van der Waals surface area (Å²) in [6.45, 7) is -2.57. The molecular weight excluding hydrogens is 372 g/mol. The maximum absolute atomic E-state index is 12.4. The van der Waals surface area contributed by atoms with Gasteiger partial charge in [-0.15, -0.1) is 0 Å². The molecule has 1 saturated carbocycles. The number of nitrogens with zero attached hydrogens (tertiary/aromatic N) is 1. The molecule has 0 radical (unpaired) electrons. The van der Waals surface area contributed by atoms with Crippen LogP contribution in [-0.2, 0) is 11.3 Å². The number of methoxy groups -OCH3 is 1. The summed E-state index contributed by atoms with van der Waals surface area (Å²) in [4.78, 5) is 25.7. The van der Waals surface area contributed by atoms with E-state index in [1.807, 2.05) is 0 Å². The van der Waals surface area contributed by atoms with Crippen molar-refractivity contribution in [2.75, 3.05) is 20.7 Å². The minimum atomic E-state index is -2.94. The first-order valence-corrected chi connectivity index (χ1v) is 9.28. The van der Waals surface area contributed by atoms with Gasteiger partial charge in [0.15, 0.2) is 11.5 Å². The highest BCUT2D eigenvalue weighted by Crippen LogP contribution is 2.29. The molecule has 0 spiro atoms. The summed E-state index contributed by atoms with van der Waals surface area (Å²) in [7, 11) is 3.08. The van der Waals surface area contributed by atoms with E-state index in [1.54, 1.807) is 24.1 Å². The molecule has 0 aromatic heterocycles. The maximum Gasteiger partial charge on any atom is 0.387 e. The fraction of sp³-hybridized carbons (Fsp3) is 0.579. The lowest BCUT2D eigenvalue weighted by molar-refractivity contribution is -0.121. The number of urea groups is 1. The SMILES string of the molecule is COc1cc(CN(C)CC(=O)NC(=O)NC2CCCCC2)ccc1OC(F)F. The second-order valence-corrected chi connectivity index (χ2v) is 6.89. The van der Waals surface area contributed by atoms with Crippen molar-refractivity contribution in [3.63, 3.8) is 0 Å². The fourth-order valence-corrected chi connectivity index (χ4v) is 3.25. The van der Waals surface area contributed by atoms with Gasteiger partial charge in [0.25, 0.3) is 0 Å². The third kappa shape index (κ3) is 7.30. The van der Waals surface area contributed by atoms with E-state index in [-0.39, 0.29) is 24.1 Å². The molecule has 1 aliphatic carbocycles. The van der Waals surface area contributed by atoms with E-state index >= 15 is 0 Å². The van der Waals surface area contributed by atoms with Gasteiger partial charge in [-0.05, 0) is 37.6 Å². The van der Waals surface area contributed by atoms with Gasteiger partial charge in [0, 0.05) is 12.6 Å². The molecule has 0 heterocycles. The van der Waals surface area contributed by atoms with E-state index in [2.05, 4.69) is 15.4 Å². The predicted molar refractivity (Wildman–Crippen MR) is 99.5 cm³/mol. The number of carbonyl (C=O) groups excluding carboxylic acids is 2. The number of imide groups is 1. The summed E-state index contributed by atoms with van der Waals surface area (Å²) in [6, 6.07) is 4.24. The van der Waals surface area contributed by atoms with Crippen LogP contribution in [0.1, 0.15) is 37.7 Å². The Hall–Kier alpha value is -2.42. The van der Waals surface area contributed by atoms with Crippen LogP contribution in [0.5, 0.6) is 11.5 Å². The number of nitrogens with one attached hydrogen (secondary N) is 2. The third-order valence-corrected chi connectivity index (χ3v) is 4.50. The highest BCUT2D eigenvalue weighted by atomic mass is 19.3. The van der Waals surface area contributed by atoms with Gasteiger partial charge in [0.2, 0.25) is 5.91 Å². The molecule has 28 heavy (non-hydrogen) atoms. The third-order valence-electron chi connectivity index (χ3n) is 4.50. The topological polar surface area (TPSA) is 79.9 Å². The first-order valence-electron chi connectivity index (χ1n) is 9.28. The van der Waals surface area contributed by atoms with E-state index in [1.165, 1.54) is 19.6 Å². The summed E-state index contributed by atoms with van der Waals surface area (Å²) in [5.41, 5.74) is 0.750. The second kappa shape index (κ2) is 10.8. The van der Waals surface area contributed by atoms with Crippen LogP contribution in [0.25, 0.3) is 0 Å². The molecule has 0 bridgehead atoms. The Kier molecular flexibility index (Phi) is 8.43. The van der Waals surface area contributed by atoms with Gasteiger partial charge in [0.05, 0.1) is 13.7 Å². The van der Waals surface area contributed by atoms with Crippen LogP contribution in [0, 0.1) is 0 Å². The zero-order chi connectivity index (χ0) is 20.5. The Balaban J connectivity index is 1.81. The van der Waals surface area contributed by atoms with Crippen LogP contribution in [0.15, 0.2) is 18.2 Å². The zero-order valence-corrected chi connectivity index (χ0v) is 16.2. The van der Waals surface area contributed by atoms with Gasteiger partial charge in [-0.3, -0.25) is 15.0 Å². The van der Waals surface area contributed by atoms with Crippen LogP contribution >= 0.6 is 0 Å². The number of likely N-dealkylation sites (N-methyl/N-ethyl adjacent to an activating group) is 1. The lowest BCUT2D eigenvalue weighted by Gasteiger charge is -2.23. The molecule has 2 N–H and O–H groups in total. The van der Waals surface area contributed by atoms with Crippen LogP contribution in [0.3, 0.4) is 0 Å². The van der Waals surface area contributed by atoms with Gasteiger partial charge < -0.3 is 14.8 Å². The van der Waals surface area contributed by atoms with Crippen LogP contribution < -0.4 is 20.1 Å². The standard InChI is InChI=1S/C19H27F2N3O4/c1-24(11-13-8-9-15(28-18(20)21)16(10-13)27-2)12-17(25)23-19(26)22-14-6-4-3-5-7-14/h8-10,14,18H,3-7,11-12H2,1-2H3,(H2,22,23,25,26). The van der Waals surface area contributed by atoms with E-state index in [4.69, 9.17) is 4.74 Å². The molecule has 1 aliphatic rings. The van der Waals surface area contributed by atoms with Crippen molar-refractivity contribution in [2.24, 2.45) is 0 Å². The summed E-state index contributed by atoms with van der Waals surface area (Å²) in [5, 5.41) is 5.17. The first-order chi connectivity index (χ1) is 13.4. The van der Waals surface area contributed by atoms with E-state index < -0.39 is 18.5 Å². The number of benzene rings is 1. The molecule has 9 heteroatoms. The molecule has 0 atom stereocenters. The number of carbonyl (C=O) groups is 2. The summed E-state index contributed by atoms with van der Waals surface area (Å²) in [5.74, 6) is -0.288. The lowest BCUT2D eigenvalue weighted by atomic mass is 9.96. The van der Waals surface area contributed by atoms with E-state index in [0.717, 1.165) is 31.2 Å². The Morgan fingerprint density at radius 2 is 1.93 bits per heavy atom. The number of halogens is 2. The Morgan fingerprint density at radius 3 is 2.57 bits per heavy atom. The fourth-order valence-electron chi connectivity index (χ4n) is 3.25. The van der Waals surface area contributed by atoms with E-state index in [9.17, 15) is 18.4 Å². The highest BCUT2D eigenvalue weighted by Gasteiger charge is 2.18. The van der Waals surface area contributed by atoms with Crippen LogP contribution in [0.2, 0.25) is 0 Å². The zero-order valence-electron chi connectivity index (χ0n) is 16.2. The average molecular weight is 399 g/mol. The van der Waals surface area contributed by atoms with Gasteiger partial charge in [-0.2, -0.15) is 8.78 Å². The van der Waals surface area contributed by atoms with Crippen molar-refractivity contribution in [3.05, 3.63) is 23.8 Å². The van der Waals surface area contributed by atoms with Crippen LogP contribution in [0.4, 0.5) is 13.6 Å². The van der Waals surface area contributed by atoms with Gasteiger partial charge in [-0.1, -0.05) is 25.3 Å². The summed E-state index contributed by atoms with van der Waals surface area (Å²) in [6.07, 6.45) is 5.24. The van der Waals surface area contributed by atoms with Gasteiger partial charge in [-0.25, -0.2) is 4.79 Å². The minimum Gasteiger partial charge on any atom is -0.493 e. The first kappa shape index (κ1) is 21.9. The molecule has 3 amide bonds. The molecule has 0 aliphatic heterocycles. The summed E-state index contributed by atoms with van der Waals surface area (Å²) < 4.78 is 34.2. The number of rotatable bonds is 8. The number of ether oxygens (including phenoxy) is 2. The molecule has 1 aromatic rings. The molecule has 0 unspecified atom stereocenters. The number of amides is 3. The lowest BCUT2D eigenvalue weighted by Crippen LogP contribution is -2.47. The minimum absolute atomic E-state index is 0.00961. The van der Waals surface area contributed by atoms with Crippen molar-refractivity contribution in [2.45, 2.75) is 51.3 Å². The average Bonchev–Trinajstić information content (AvgIpc) is 2.62. The molecule has 0 saturated heterocycles. The second-order valence-electron chi connectivity index (χ2n) is 6.89. The molecule has 7 nitrogen and oxygen atoms in total. The van der Waals surface area contributed by atoms with Crippen molar-refractivity contribution >= 4 is 11.9 Å². The van der Waals surface area contributed by atoms with Gasteiger partial charge in [0.1, 0.15) is 0 Å². The Labute approximate surface area is 163 Å². The highest BCUT2D eigenvalue weighted by molar-refractivity contribution is 5.95. The quantitative estimate of drug-likeness (QED) is 0.703. The number of alkyl halides is 2. The molecule has 1 aromatic carbocycles. The van der Waals surface area contributed by atoms with Gasteiger partial charge >= 0.3 is 12.6 Å². The Bertz CT molecular complexity index is 667. The van der Waals surface area contributed by atoms with Crippen LogP contribution in [-0.4, -0.2) is 50.2 Å². The van der Waals surface area contributed by atoms with E-state index in [0.29, 0.717) is 6.54 Å². The van der Waals surface area contributed by atoms with Crippen molar-refractivity contribution in [3.8, 4) is 11.5 Å². The maximum atomic E-state index is 12.4. The van der Waals surface area contributed by atoms with Crippen molar-refractivity contribution in [1.82, 2.24) is 15.5 Å². The monoisotopic (exact) mass is 399 g/mol.